The number of esters is 1. The van der Waals surface area contributed by atoms with Crippen molar-refractivity contribution in [1.29, 1.82) is 0 Å². The van der Waals surface area contributed by atoms with Gasteiger partial charge in [0.05, 0.1) is 43.0 Å². The molecule has 3 aromatic rings. The number of nitrogens with one attached hydrogen (secondary N) is 1. The molecule has 0 saturated heterocycles. The average molecular weight is 525 g/mol. The van der Waals surface area contributed by atoms with Gasteiger partial charge >= 0.3 is 11.7 Å². The summed E-state index contributed by atoms with van der Waals surface area (Å²) in [6, 6.07) is 9.76. The molecule has 4 rings (SSSR count). The first-order chi connectivity index (χ1) is 18.5. The monoisotopic (exact) mass is 524 g/mol. The first-order valence-corrected chi connectivity index (χ1v) is 13.8. The van der Waals surface area contributed by atoms with Gasteiger partial charge < -0.3 is 19.5 Å². The lowest BCUT2D eigenvalue weighted by Gasteiger charge is -2.28. The minimum absolute atomic E-state index is 0.0353. The van der Waals surface area contributed by atoms with E-state index in [1.165, 1.54) is 7.11 Å². The lowest BCUT2D eigenvalue weighted by atomic mass is 9.86. The standard InChI is InChI=1S/C29H40N4O5/c1-5-7-18-37-25-17-16-24(27(31-25)38-19-8-6-2)33-23-11-9-10-22(26(23)32(3)29(33)35)30-21-14-12-20(13-15-21)28(34)36-4/h9-11,16-17,20-21,30H,5-8,12-15,18-19H2,1-4H3. The summed E-state index contributed by atoms with van der Waals surface area (Å²) in [5.74, 6) is 0.720. The molecule has 0 atom stereocenters. The summed E-state index contributed by atoms with van der Waals surface area (Å²) in [6.45, 7) is 5.31. The van der Waals surface area contributed by atoms with Gasteiger partial charge in [0.25, 0.3) is 0 Å². The maximum atomic E-state index is 13.6. The van der Waals surface area contributed by atoms with Crippen LogP contribution in [0.1, 0.15) is 65.2 Å². The molecule has 9 nitrogen and oxygen atoms in total. The Balaban J connectivity index is 1.66. The fourth-order valence-corrected chi connectivity index (χ4v) is 5.03. The zero-order valence-corrected chi connectivity index (χ0v) is 23.0. The van der Waals surface area contributed by atoms with E-state index in [0.29, 0.717) is 30.7 Å². The third kappa shape index (κ3) is 5.97. The number of carbonyl (C=O) groups is 1. The molecule has 1 aliphatic rings. The molecule has 0 unspecified atom stereocenters. The maximum Gasteiger partial charge on any atom is 0.333 e. The highest BCUT2D eigenvalue weighted by Gasteiger charge is 2.28. The SMILES string of the molecule is CCCCOc1ccc(-n2c(=O)n(C)c3c(NC4CCC(C(=O)OC)CC4)cccc32)c(OCCCC)n1. The predicted octanol–water partition coefficient (Wildman–Crippen LogP) is 5.23. The van der Waals surface area contributed by atoms with Gasteiger partial charge in [0.1, 0.15) is 5.69 Å². The van der Waals surface area contributed by atoms with Crippen LogP contribution in [-0.2, 0) is 16.6 Å². The number of methoxy groups -OCH3 is 1. The minimum atomic E-state index is -0.176. The van der Waals surface area contributed by atoms with Crippen LogP contribution in [0.3, 0.4) is 0 Å². The second-order valence-corrected chi connectivity index (χ2v) is 9.94. The van der Waals surface area contributed by atoms with Crippen LogP contribution < -0.4 is 20.5 Å². The summed E-state index contributed by atoms with van der Waals surface area (Å²) in [6.07, 6.45) is 7.16. The lowest BCUT2D eigenvalue weighted by molar-refractivity contribution is -0.146. The van der Waals surface area contributed by atoms with Crippen molar-refractivity contribution in [2.24, 2.45) is 13.0 Å². The van der Waals surface area contributed by atoms with Crippen LogP contribution in [0.2, 0.25) is 0 Å². The van der Waals surface area contributed by atoms with E-state index in [4.69, 9.17) is 14.2 Å². The number of unbranched alkanes of at least 4 members (excludes halogenated alkanes) is 2. The van der Waals surface area contributed by atoms with Gasteiger partial charge in [-0.05, 0) is 56.7 Å². The number of hydrogen-bond donors (Lipinski definition) is 1. The smallest absolute Gasteiger partial charge is 0.333 e. The highest BCUT2D eigenvalue weighted by molar-refractivity contribution is 5.90. The number of ether oxygens (including phenoxy) is 3. The first kappa shape index (κ1) is 27.5. The number of rotatable bonds is 12. The Hall–Kier alpha value is -3.49. The number of hydrogen-bond acceptors (Lipinski definition) is 7. The quantitative estimate of drug-likeness (QED) is 0.256. The van der Waals surface area contributed by atoms with E-state index < -0.39 is 0 Å². The van der Waals surface area contributed by atoms with Crippen molar-refractivity contribution in [1.82, 2.24) is 14.1 Å². The minimum Gasteiger partial charge on any atom is -0.478 e. The topological polar surface area (TPSA) is 96.6 Å². The van der Waals surface area contributed by atoms with Gasteiger partial charge in [-0.1, -0.05) is 32.8 Å². The Morgan fingerprint density at radius 3 is 2.42 bits per heavy atom. The van der Waals surface area contributed by atoms with Gasteiger partial charge in [-0.2, -0.15) is 4.98 Å². The molecule has 9 heteroatoms. The molecule has 1 saturated carbocycles. The Morgan fingerprint density at radius 2 is 1.74 bits per heavy atom. The Bertz CT molecular complexity index is 1290. The van der Waals surface area contributed by atoms with Crippen molar-refractivity contribution in [3.8, 4) is 17.4 Å². The first-order valence-electron chi connectivity index (χ1n) is 13.8. The van der Waals surface area contributed by atoms with E-state index in [0.717, 1.165) is 68.1 Å². The van der Waals surface area contributed by atoms with Crippen molar-refractivity contribution in [2.45, 2.75) is 71.3 Å². The van der Waals surface area contributed by atoms with Gasteiger partial charge in [-0.15, -0.1) is 0 Å². The van der Waals surface area contributed by atoms with E-state index in [1.807, 2.05) is 24.3 Å². The van der Waals surface area contributed by atoms with Crippen LogP contribution in [0.5, 0.6) is 11.8 Å². The van der Waals surface area contributed by atoms with Crippen LogP contribution in [0.4, 0.5) is 5.69 Å². The van der Waals surface area contributed by atoms with Crippen LogP contribution in [0.15, 0.2) is 35.1 Å². The van der Waals surface area contributed by atoms with Gasteiger partial charge in [0.15, 0.2) is 0 Å². The second-order valence-electron chi connectivity index (χ2n) is 9.94. The third-order valence-corrected chi connectivity index (χ3v) is 7.23. The molecule has 1 aliphatic carbocycles. The van der Waals surface area contributed by atoms with Crippen molar-refractivity contribution in [2.75, 3.05) is 25.6 Å². The number of carbonyl (C=O) groups excluding carboxylic acids is 1. The Labute approximate surface area is 224 Å². The third-order valence-electron chi connectivity index (χ3n) is 7.23. The van der Waals surface area contributed by atoms with E-state index in [2.05, 4.69) is 24.1 Å². The second kappa shape index (κ2) is 12.8. The summed E-state index contributed by atoms with van der Waals surface area (Å²) < 4.78 is 20.1. The molecule has 1 aromatic carbocycles. The van der Waals surface area contributed by atoms with Gasteiger partial charge in [0.2, 0.25) is 11.8 Å². The zero-order valence-electron chi connectivity index (χ0n) is 23.0. The molecule has 2 aromatic heterocycles. The number of benzene rings is 1. The van der Waals surface area contributed by atoms with E-state index in [9.17, 15) is 9.59 Å². The molecule has 1 N–H and O–H groups in total. The number of anilines is 1. The number of aromatic nitrogens is 3. The summed E-state index contributed by atoms with van der Waals surface area (Å²) in [5, 5.41) is 3.64. The lowest BCUT2D eigenvalue weighted by Crippen LogP contribution is -2.30. The zero-order chi connectivity index (χ0) is 27.1. The number of fused-ring (bicyclic) bond motifs is 1. The van der Waals surface area contributed by atoms with E-state index in [-0.39, 0.29) is 23.6 Å². The van der Waals surface area contributed by atoms with E-state index >= 15 is 0 Å². The normalized spacial score (nSPS) is 17.4. The summed E-state index contributed by atoms with van der Waals surface area (Å²) >= 11 is 0. The molecule has 2 heterocycles. The van der Waals surface area contributed by atoms with Crippen molar-refractivity contribution in [3.63, 3.8) is 0 Å². The summed E-state index contributed by atoms with van der Waals surface area (Å²) in [7, 11) is 3.23. The molecule has 0 radical (unpaired) electrons. The van der Waals surface area contributed by atoms with Crippen LogP contribution >= 0.6 is 0 Å². The van der Waals surface area contributed by atoms with Gasteiger partial charge in [-0.25, -0.2) is 4.79 Å². The van der Waals surface area contributed by atoms with E-state index in [1.54, 1.807) is 22.2 Å². The number of nitrogens with zero attached hydrogens (tertiary/aromatic N) is 3. The molecule has 38 heavy (non-hydrogen) atoms. The molecular formula is C29H40N4O5. The number of imidazole rings is 1. The molecule has 0 aliphatic heterocycles. The fourth-order valence-electron chi connectivity index (χ4n) is 5.03. The highest BCUT2D eigenvalue weighted by atomic mass is 16.5. The summed E-state index contributed by atoms with van der Waals surface area (Å²) in [4.78, 5) is 30.1. The number of pyridine rings is 1. The molecule has 0 bridgehead atoms. The Morgan fingerprint density at radius 1 is 1.03 bits per heavy atom. The Kier molecular flexibility index (Phi) is 9.31. The molecule has 0 amide bonds. The number of aryl methyl sites for hydroxylation is 1. The van der Waals surface area contributed by atoms with Gasteiger partial charge in [-0.3, -0.25) is 13.9 Å². The van der Waals surface area contributed by atoms with Crippen molar-refractivity contribution in [3.05, 3.63) is 40.8 Å². The molecular weight excluding hydrogens is 484 g/mol. The molecule has 0 spiro atoms. The molecule has 1 fully saturated rings. The highest BCUT2D eigenvalue weighted by Crippen LogP contribution is 2.32. The van der Waals surface area contributed by atoms with Crippen LogP contribution in [-0.4, -0.2) is 46.5 Å². The van der Waals surface area contributed by atoms with Crippen LogP contribution in [0, 0.1) is 5.92 Å². The number of para-hydroxylation sites is 1. The van der Waals surface area contributed by atoms with Crippen molar-refractivity contribution < 1.29 is 19.0 Å². The largest absolute Gasteiger partial charge is 0.478 e. The van der Waals surface area contributed by atoms with Crippen LogP contribution in [0.25, 0.3) is 16.7 Å². The molecule has 206 valence electrons. The maximum absolute atomic E-state index is 13.6. The average Bonchev–Trinajstić information content (AvgIpc) is 3.19. The summed E-state index contributed by atoms with van der Waals surface area (Å²) in [5.41, 5.74) is 2.90. The van der Waals surface area contributed by atoms with Gasteiger partial charge in [0, 0.05) is 19.2 Å². The fraction of sp³-hybridized carbons (Fsp3) is 0.552. The van der Waals surface area contributed by atoms with Crippen molar-refractivity contribution >= 4 is 22.7 Å². The predicted molar refractivity (Wildman–Crippen MR) is 149 cm³/mol.